The smallest absolute Gasteiger partial charge is 0.220 e. The number of carbonyl (C=O) groups excluding carboxylic acids is 1. The molecule has 0 aliphatic rings. The Balaban J connectivity index is 2.99. The van der Waals surface area contributed by atoms with Crippen LogP contribution in [0.5, 0.6) is 5.75 Å². The van der Waals surface area contributed by atoms with Gasteiger partial charge in [-0.3, -0.25) is 4.79 Å². The van der Waals surface area contributed by atoms with Crippen molar-refractivity contribution < 1.29 is 15.0 Å². The van der Waals surface area contributed by atoms with Crippen molar-refractivity contribution in [2.24, 2.45) is 0 Å². The highest BCUT2D eigenvalue weighted by Crippen LogP contribution is 2.38. The van der Waals surface area contributed by atoms with E-state index in [9.17, 15) is 9.90 Å². The maximum absolute atomic E-state index is 11.8. The predicted octanol–water partition coefficient (Wildman–Crippen LogP) is 2.68. The first kappa shape index (κ1) is 17.5. The lowest BCUT2D eigenvalue weighted by atomic mass is 9.82. The monoisotopic (exact) mass is 293 g/mol. The van der Waals surface area contributed by atoms with Crippen molar-refractivity contribution in [3.05, 3.63) is 29.3 Å². The zero-order valence-electron chi connectivity index (χ0n) is 13.4. The quantitative estimate of drug-likeness (QED) is 0.755. The molecule has 1 atom stereocenters. The molecule has 0 spiro atoms. The fraction of sp³-hybridized carbons (Fsp3) is 0.588. The topological polar surface area (TPSA) is 69.6 Å². The van der Waals surface area contributed by atoms with Crippen molar-refractivity contribution >= 4 is 5.91 Å². The van der Waals surface area contributed by atoms with E-state index in [1.807, 2.05) is 25.1 Å². The summed E-state index contributed by atoms with van der Waals surface area (Å²) < 4.78 is 0. The largest absolute Gasteiger partial charge is 0.507 e. The van der Waals surface area contributed by atoms with E-state index in [-0.39, 0.29) is 30.4 Å². The first-order valence-corrected chi connectivity index (χ1v) is 7.51. The number of rotatable bonds is 6. The van der Waals surface area contributed by atoms with Gasteiger partial charge >= 0.3 is 0 Å². The van der Waals surface area contributed by atoms with Crippen molar-refractivity contribution in [1.29, 1.82) is 0 Å². The average Bonchev–Trinajstić information content (AvgIpc) is 2.41. The van der Waals surface area contributed by atoms with E-state index in [2.05, 4.69) is 26.1 Å². The van der Waals surface area contributed by atoms with E-state index >= 15 is 0 Å². The predicted molar refractivity (Wildman–Crippen MR) is 84.6 cm³/mol. The lowest BCUT2D eigenvalue weighted by Gasteiger charge is -2.24. The zero-order valence-corrected chi connectivity index (χ0v) is 13.4. The van der Waals surface area contributed by atoms with Gasteiger partial charge in [0, 0.05) is 13.0 Å². The Morgan fingerprint density at radius 2 is 2.00 bits per heavy atom. The third-order valence-electron chi connectivity index (χ3n) is 3.67. The Morgan fingerprint density at radius 3 is 2.52 bits per heavy atom. The maximum atomic E-state index is 11.8. The average molecular weight is 293 g/mol. The molecular formula is C17H27NO3. The van der Waals surface area contributed by atoms with Crippen LogP contribution in [0.4, 0.5) is 0 Å². The fourth-order valence-corrected chi connectivity index (χ4v) is 2.46. The van der Waals surface area contributed by atoms with Gasteiger partial charge in [0.2, 0.25) is 5.91 Å². The summed E-state index contributed by atoms with van der Waals surface area (Å²) in [6.45, 7) is 8.38. The number of aliphatic hydroxyl groups is 1. The zero-order chi connectivity index (χ0) is 16.0. The number of hydrogen-bond acceptors (Lipinski definition) is 3. The lowest BCUT2D eigenvalue weighted by molar-refractivity contribution is -0.121. The number of hydrogen-bond donors (Lipinski definition) is 3. The molecule has 118 valence electrons. The molecule has 1 rings (SSSR count). The Bertz CT molecular complexity index is 477. The molecule has 4 nitrogen and oxygen atoms in total. The van der Waals surface area contributed by atoms with E-state index in [0.717, 1.165) is 17.5 Å². The van der Waals surface area contributed by atoms with Gasteiger partial charge in [-0.05, 0) is 28.9 Å². The van der Waals surface area contributed by atoms with E-state index in [0.29, 0.717) is 12.2 Å². The van der Waals surface area contributed by atoms with E-state index in [4.69, 9.17) is 5.11 Å². The summed E-state index contributed by atoms with van der Waals surface area (Å²) in [5, 5.41) is 21.9. The first-order valence-electron chi connectivity index (χ1n) is 7.51. The summed E-state index contributed by atoms with van der Waals surface area (Å²) in [6.07, 6.45) is 1.09. The highest BCUT2D eigenvalue weighted by atomic mass is 16.3. The Labute approximate surface area is 127 Å². The van der Waals surface area contributed by atoms with Crippen molar-refractivity contribution in [3.63, 3.8) is 0 Å². The van der Waals surface area contributed by atoms with Gasteiger partial charge < -0.3 is 15.5 Å². The molecule has 0 radical (unpaired) electrons. The SMILES string of the molecule is CCC(CC(=O)NCCO)c1cccc(C(C)(C)C)c1O. The number of nitrogens with one attached hydrogen (secondary N) is 1. The summed E-state index contributed by atoms with van der Waals surface area (Å²) >= 11 is 0. The number of benzene rings is 1. The van der Waals surface area contributed by atoms with Crippen LogP contribution in [-0.2, 0) is 10.2 Å². The standard InChI is InChI=1S/C17H27NO3/c1-5-12(11-15(20)18-9-10-19)13-7-6-8-14(16(13)21)17(2,3)4/h6-8,12,19,21H,5,9-11H2,1-4H3,(H,18,20). The maximum Gasteiger partial charge on any atom is 0.220 e. The molecule has 0 aliphatic carbocycles. The second-order valence-corrected chi connectivity index (χ2v) is 6.38. The molecule has 0 saturated carbocycles. The third-order valence-corrected chi connectivity index (χ3v) is 3.67. The van der Waals surface area contributed by atoms with Gasteiger partial charge in [-0.25, -0.2) is 0 Å². The van der Waals surface area contributed by atoms with Gasteiger partial charge in [-0.15, -0.1) is 0 Å². The summed E-state index contributed by atoms with van der Waals surface area (Å²) in [6, 6.07) is 5.75. The lowest BCUT2D eigenvalue weighted by Crippen LogP contribution is -2.27. The molecule has 21 heavy (non-hydrogen) atoms. The molecule has 3 N–H and O–H groups in total. The number of para-hydroxylation sites is 1. The Kier molecular flexibility index (Phi) is 6.21. The molecule has 0 aliphatic heterocycles. The van der Waals surface area contributed by atoms with Gasteiger partial charge in [0.25, 0.3) is 0 Å². The number of carbonyl (C=O) groups is 1. The van der Waals surface area contributed by atoms with Crippen LogP contribution in [0.3, 0.4) is 0 Å². The van der Waals surface area contributed by atoms with Gasteiger partial charge in [-0.2, -0.15) is 0 Å². The second kappa shape index (κ2) is 7.46. The van der Waals surface area contributed by atoms with Crippen molar-refractivity contribution in [1.82, 2.24) is 5.32 Å². The Morgan fingerprint density at radius 1 is 1.33 bits per heavy atom. The molecule has 0 fully saturated rings. The van der Waals surface area contributed by atoms with Gasteiger partial charge in [0.15, 0.2) is 0 Å². The molecule has 1 unspecified atom stereocenters. The highest BCUT2D eigenvalue weighted by molar-refractivity contribution is 5.77. The summed E-state index contributed by atoms with van der Waals surface area (Å²) in [7, 11) is 0. The minimum atomic E-state index is -0.141. The minimum Gasteiger partial charge on any atom is -0.507 e. The molecule has 1 amide bonds. The summed E-state index contributed by atoms with van der Waals surface area (Å²) in [5.74, 6) is 0.175. The molecule has 1 aromatic rings. The van der Waals surface area contributed by atoms with E-state index in [1.165, 1.54) is 0 Å². The normalized spacial score (nSPS) is 13.0. The van der Waals surface area contributed by atoms with Crippen LogP contribution >= 0.6 is 0 Å². The molecule has 0 bridgehead atoms. The van der Waals surface area contributed by atoms with Crippen LogP contribution < -0.4 is 5.32 Å². The van der Waals surface area contributed by atoms with E-state index < -0.39 is 0 Å². The number of aromatic hydroxyl groups is 1. The van der Waals surface area contributed by atoms with Crippen LogP contribution in [0.25, 0.3) is 0 Å². The van der Waals surface area contributed by atoms with Crippen molar-refractivity contribution in [3.8, 4) is 5.75 Å². The highest BCUT2D eigenvalue weighted by Gasteiger charge is 2.23. The second-order valence-electron chi connectivity index (χ2n) is 6.38. The number of phenols is 1. The number of aliphatic hydroxyl groups excluding tert-OH is 1. The molecule has 0 aromatic heterocycles. The third kappa shape index (κ3) is 4.74. The van der Waals surface area contributed by atoms with E-state index in [1.54, 1.807) is 0 Å². The first-order chi connectivity index (χ1) is 9.81. The molecule has 4 heteroatoms. The van der Waals surface area contributed by atoms with Gasteiger partial charge in [0.05, 0.1) is 6.61 Å². The van der Waals surface area contributed by atoms with Gasteiger partial charge in [-0.1, -0.05) is 45.9 Å². The summed E-state index contributed by atoms with van der Waals surface area (Å²) in [4.78, 5) is 11.8. The molecule has 1 aromatic carbocycles. The Hall–Kier alpha value is -1.55. The van der Waals surface area contributed by atoms with Crippen LogP contribution in [0.15, 0.2) is 18.2 Å². The van der Waals surface area contributed by atoms with Crippen LogP contribution in [-0.4, -0.2) is 29.3 Å². The van der Waals surface area contributed by atoms with Crippen molar-refractivity contribution in [2.45, 2.75) is 51.9 Å². The fourth-order valence-electron chi connectivity index (χ4n) is 2.46. The minimum absolute atomic E-state index is 0.0222. The van der Waals surface area contributed by atoms with Crippen LogP contribution in [0.1, 0.15) is 57.6 Å². The molecule has 0 saturated heterocycles. The number of amides is 1. The summed E-state index contributed by atoms with van der Waals surface area (Å²) in [5.41, 5.74) is 1.58. The number of phenolic OH excluding ortho intramolecular Hbond substituents is 1. The molecule has 0 heterocycles. The van der Waals surface area contributed by atoms with Crippen LogP contribution in [0, 0.1) is 0 Å². The van der Waals surface area contributed by atoms with Crippen LogP contribution in [0.2, 0.25) is 0 Å². The van der Waals surface area contributed by atoms with Gasteiger partial charge in [0.1, 0.15) is 5.75 Å². The van der Waals surface area contributed by atoms with Crippen molar-refractivity contribution in [2.75, 3.05) is 13.2 Å². The molecular weight excluding hydrogens is 266 g/mol.